The average Bonchev–Trinajstić information content (AvgIpc) is 2.41. The molecule has 0 spiro atoms. The van der Waals surface area contributed by atoms with E-state index in [0.29, 0.717) is 13.1 Å². The Hall–Kier alpha value is -1.39. The number of rotatable bonds is 4. The summed E-state index contributed by atoms with van der Waals surface area (Å²) in [5.41, 5.74) is 8.36. The van der Waals surface area contributed by atoms with Crippen LogP contribution >= 0.6 is 0 Å². The van der Waals surface area contributed by atoms with Crippen LogP contribution in [0.5, 0.6) is 0 Å². The SMILES string of the molecule is Cc1ccc(CN(C)C(=O)CN2CCC[C@@H](N)C2)cc1. The molecule has 0 saturated carbocycles. The molecule has 1 atom stereocenters. The van der Waals surface area contributed by atoms with Gasteiger partial charge in [0.15, 0.2) is 0 Å². The standard InChI is InChI=1S/C16H25N3O/c1-13-5-7-14(8-6-13)10-18(2)16(20)12-19-9-3-4-15(17)11-19/h5-8,15H,3-4,9-12,17H2,1-2H3/t15-/m1/s1. The Labute approximate surface area is 121 Å². The van der Waals surface area contributed by atoms with E-state index in [1.165, 1.54) is 11.1 Å². The van der Waals surface area contributed by atoms with E-state index >= 15 is 0 Å². The zero-order valence-corrected chi connectivity index (χ0v) is 12.5. The van der Waals surface area contributed by atoms with Gasteiger partial charge in [0.05, 0.1) is 6.54 Å². The summed E-state index contributed by atoms with van der Waals surface area (Å²) in [6, 6.07) is 8.54. The smallest absolute Gasteiger partial charge is 0.236 e. The summed E-state index contributed by atoms with van der Waals surface area (Å²) in [6.45, 7) is 5.04. The van der Waals surface area contributed by atoms with E-state index in [-0.39, 0.29) is 11.9 Å². The van der Waals surface area contributed by atoms with Gasteiger partial charge in [0, 0.05) is 26.2 Å². The molecular weight excluding hydrogens is 250 g/mol. The van der Waals surface area contributed by atoms with Crippen molar-refractivity contribution in [3.63, 3.8) is 0 Å². The fourth-order valence-electron chi connectivity index (χ4n) is 2.60. The minimum absolute atomic E-state index is 0.166. The molecule has 1 amide bonds. The van der Waals surface area contributed by atoms with Crippen molar-refractivity contribution in [2.45, 2.75) is 32.4 Å². The van der Waals surface area contributed by atoms with E-state index < -0.39 is 0 Å². The first-order valence-electron chi connectivity index (χ1n) is 7.32. The second-order valence-electron chi connectivity index (χ2n) is 5.87. The molecule has 1 heterocycles. The lowest BCUT2D eigenvalue weighted by atomic mass is 10.1. The first kappa shape index (κ1) is 15.0. The number of carbonyl (C=O) groups excluding carboxylic acids is 1. The Morgan fingerprint density at radius 2 is 2.10 bits per heavy atom. The highest BCUT2D eigenvalue weighted by molar-refractivity contribution is 5.78. The monoisotopic (exact) mass is 275 g/mol. The Bertz CT molecular complexity index is 444. The molecule has 0 bridgehead atoms. The molecule has 20 heavy (non-hydrogen) atoms. The molecule has 0 radical (unpaired) electrons. The van der Waals surface area contributed by atoms with E-state index in [4.69, 9.17) is 5.73 Å². The maximum absolute atomic E-state index is 12.2. The van der Waals surface area contributed by atoms with Gasteiger partial charge >= 0.3 is 0 Å². The third-order valence-corrected chi connectivity index (χ3v) is 3.87. The number of carbonyl (C=O) groups is 1. The number of likely N-dealkylation sites (N-methyl/N-ethyl adjacent to an activating group) is 1. The highest BCUT2D eigenvalue weighted by Gasteiger charge is 2.20. The average molecular weight is 275 g/mol. The van der Waals surface area contributed by atoms with E-state index in [2.05, 4.69) is 36.1 Å². The Morgan fingerprint density at radius 3 is 2.75 bits per heavy atom. The lowest BCUT2D eigenvalue weighted by Gasteiger charge is -2.31. The Morgan fingerprint density at radius 1 is 1.40 bits per heavy atom. The van der Waals surface area contributed by atoms with Gasteiger partial charge in [-0.05, 0) is 31.9 Å². The minimum Gasteiger partial charge on any atom is -0.340 e. The fourth-order valence-corrected chi connectivity index (χ4v) is 2.60. The molecule has 1 fully saturated rings. The van der Waals surface area contributed by atoms with Crippen molar-refractivity contribution in [2.24, 2.45) is 5.73 Å². The van der Waals surface area contributed by atoms with Crippen LogP contribution in [-0.4, -0.2) is 48.4 Å². The minimum atomic E-state index is 0.166. The molecule has 2 N–H and O–H groups in total. The Kier molecular flexibility index (Phi) is 5.15. The first-order chi connectivity index (χ1) is 9.54. The summed E-state index contributed by atoms with van der Waals surface area (Å²) in [7, 11) is 1.87. The summed E-state index contributed by atoms with van der Waals surface area (Å²) in [5.74, 6) is 0.166. The van der Waals surface area contributed by atoms with E-state index in [1.807, 2.05) is 7.05 Å². The maximum atomic E-state index is 12.2. The zero-order chi connectivity index (χ0) is 14.5. The highest BCUT2D eigenvalue weighted by Crippen LogP contribution is 2.10. The molecule has 1 aromatic rings. The lowest BCUT2D eigenvalue weighted by molar-refractivity contribution is -0.131. The number of likely N-dealkylation sites (tertiary alicyclic amines) is 1. The molecule has 4 nitrogen and oxygen atoms in total. The van der Waals surface area contributed by atoms with Gasteiger partial charge in [0.1, 0.15) is 0 Å². The normalized spacial score (nSPS) is 19.9. The van der Waals surface area contributed by atoms with E-state index in [9.17, 15) is 4.79 Å². The summed E-state index contributed by atoms with van der Waals surface area (Å²) in [4.78, 5) is 16.2. The molecule has 0 unspecified atom stereocenters. The highest BCUT2D eigenvalue weighted by atomic mass is 16.2. The summed E-state index contributed by atoms with van der Waals surface area (Å²) in [5, 5.41) is 0. The topological polar surface area (TPSA) is 49.6 Å². The van der Waals surface area contributed by atoms with Gasteiger partial charge in [0.25, 0.3) is 0 Å². The molecule has 2 rings (SSSR count). The van der Waals surface area contributed by atoms with Crippen molar-refractivity contribution >= 4 is 5.91 Å². The van der Waals surface area contributed by atoms with Crippen molar-refractivity contribution < 1.29 is 4.79 Å². The Balaban J connectivity index is 1.83. The second kappa shape index (κ2) is 6.86. The molecule has 4 heteroatoms. The van der Waals surface area contributed by atoms with Gasteiger partial charge in [-0.1, -0.05) is 29.8 Å². The number of nitrogens with two attached hydrogens (primary N) is 1. The fraction of sp³-hybridized carbons (Fsp3) is 0.562. The van der Waals surface area contributed by atoms with Crippen molar-refractivity contribution in [1.29, 1.82) is 0 Å². The van der Waals surface area contributed by atoms with Gasteiger partial charge in [-0.15, -0.1) is 0 Å². The van der Waals surface area contributed by atoms with Crippen molar-refractivity contribution in [3.8, 4) is 0 Å². The lowest BCUT2D eigenvalue weighted by Crippen LogP contribution is -2.47. The maximum Gasteiger partial charge on any atom is 0.236 e. The number of aryl methyl sites for hydroxylation is 1. The van der Waals surface area contributed by atoms with Crippen LogP contribution in [0.15, 0.2) is 24.3 Å². The predicted molar refractivity (Wildman–Crippen MR) is 81.3 cm³/mol. The largest absolute Gasteiger partial charge is 0.340 e. The third kappa shape index (κ3) is 4.32. The van der Waals surface area contributed by atoms with E-state index in [1.54, 1.807) is 4.90 Å². The zero-order valence-electron chi connectivity index (χ0n) is 12.5. The number of hydrogen-bond donors (Lipinski definition) is 1. The number of piperidine rings is 1. The number of amides is 1. The summed E-state index contributed by atoms with van der Waals surface area (Å²) in [6.07, 6.45) is 2.17. The molecule has 0 aromatic heterocycles. The van der Waals surface area contributed by atoms with Crippen LogP contribution in [0, 0.1) is 6.92 Å². The molecular formula is C16H25N3O. The van der Waals surface area contributed by atoms with E-state index in [0.717, 1.165) is 25.9 Å². The molecule has 0 aliphatic carbocycles. The van der Waals surface area contributed by atoms with Crippen LogP contribution in [0.4, 0.5) is 0 Å². The van der Waals surface area contributed by atoms with Crippen molar-refractivity contribution in [2.75, 3.05) is 26.7 Å². The molecule has 1 aliphatic heterocycles. The quantitative estimate of drug-likeness (QED) is 0.903. The molecule has 1 saturated heterocycles. The van der Waals surface area contributed by atoms with Crippen molar-refractivity contribution in [3.05, 3.63) is 35.4 Å². The van der Waals surface area contributed by atoms with Gasteiger partial charge in [-0.2, -0.15) is 0 Å². The predicted octanol–water partition coefficient (Wildman–Crippen LogP) is 1.38. The van der Waals surface area contributed by atoms with Crippen molar-refractivity contribution in [1.82, 2.24) is 9.80 Å². The van der Waals surface area contributed by atoms with Crippen LogP contribution in [-0.2, 0) is 11.3 Å². The van der Waals surface area contributed by atoms with Crippen LogP contribution in [0.3, 0.4) is 0 Å². The summed E-state index contributed by atoms with van der Waals surface area (Å²) < 4.78 is 0. The third-order valence-electron chi connectivity index (χ3n) is 3.87. The number of nitrogens with zero attached hydrogens (tertiary/aromatic N) is 2. The van der Waals surface area contributed by atoms with Gasteiger partial charge < -0.3 is 10.6 Å². The van der Waals surface area contributed by atoms with Gasteiger partial charge in [-0.3, -0.25) is 9.69 Å². The molecule has 1 aromatic carbocycles. The molecule has 110 valence electrons. The second-order valence-corrected chi connectivity index (χ2v) is 5.87. The molecule has 1 aliphatic rings. The van der Waals surface area contributed by atoms with Crippen LogP contribution < -0.4 is 5.73 Å². The van der Waals surface area contributed by atoms with Crippen LogP contribution in [0.1, 0.15) is 24.0 Å². The first-order valence-corrected chi connectivity index (χ1v) is 7.32. The number of benzene rings is 1. The number of hydrogen-bond acceptors (Lipinski definition) is 3. The van der Waals surface area contributed by atoms with Crippen LogP contribution in [0.2, 0.25) is 0 Å². The van der Waals surface area contributed by atoms with Gasteiger partial charge in [-0.25, -0.2) is 0 Å². The summed E-state index contributed by atoms with van der Waals surface area (Å²) >= 11 is 0. The van der Waals surface area contributed by atoms with Crippen LogP contribution in [0.25, 0.3) is 0 Å². The van der Waals surface area contributed by atoms with Gasteiger partial charge in [0.2, 0.25) is 5.91 Å².